The number of hydrogen-bond donors (Lipinski definition) is 2. The Balaban J connectivity index is 1.56. The first kappa shape index (κ1) is 25.6. The number of rotatable bonds is 8. The highest BCUT2D eigenvalue weighted by Crippen LogP contribution is 2.28. The van der Waals surface area contributed by atoms with Crippen LogP contribution in [0.1, 0.15) is 23.3 Å². The number of amides is 4. The van der Waals surface area contributed by atoms with E-state index in [4.69, 9.17) is 0 Å². The average molecular weight is 518 g/mol. The first-order chi connectivity index (χ1) is 17.2. The number of piperazine rings is 1. The predicted molar refractivity (Wildman–Crippen MR) is 129 cm³/mol. The molecular formula is C24H28FN5O5S. The predicted octanol–water partition coefficient (Wildman–Crippen LogP) is 1.73. The van der Waals surface area contributed by atoms with Crippen molar-refractivity contribution in [3.8, 4) is 0 Å². The van der Waals surface area contributed by atoms with E-state index in [1.54, 1.807) is 35.4 Å². The second-order valence-electron chi connectivity index (χ2n) is 8.79. The molecule has 0 bridgehead atoms. The van der Waals surface area contributed by atoms with Crippen LogP contribution in [0.2, 0.25) is 0 Å². The van der Waals surface area contributed by atoms with Gasteiger partial charge in [0.05, 0.1) is 13.1 Å². The number of fused-ring (bicyclic) bond motifs is 1. The molecule has 10 nitrogen and oxygen atoms in total. The molecule has 0 radical (unpaired) electrons. The summed E-state index contributed by atoms with van der Waals surface area (Å²) < 4.78 is 13.2. The third-order valence-corrected chi connectivity index (χ3v) is 7.28. The van der Waals surface area contributed by atoms with E-state index < -0.39 is 24.2 Å². The lowest BCUT2D eigenvalue weighted by Crippen LogP contribution is -2.76. The molecule has 2 atom stereocenters. The molecule has 2 aliphatic heterocycles. The van der Waals surface area contributed by atoms with Gasteiger partial charge in [0.25, 0.3) is 0 Å². The molecule has 0 spiro atoms. The number of carboxylic acid groups (broad SMARTS) is 1. The Morgan fingerprint density at radius 2 is 1.94 bits per heavy atom. The SMILES string of the molecule is CN1CC(=O)N2[C@@H](CCC(=O)O)C(=O)N(CCc3cccs3)C[C@@H]2N1C(=O)NCc1ccc(F)cc1. The fourth-order valence-electron chi connectivity index (χ4n) is 4.60. The molecule has 12 heteroatoms. The van der Waals surface area contributed by atoms with E-state index in [1.165, 1.54) is 27.1 Å². The number of urea groups is 1. The molecular weight excluding hydrogens is 489 g/mol. The molecule has 0 aliphatic carbocycles. The minimum atomic E-state index is -1.06. The van der Waals surface area contributed by atoms with Gasteiger partial charge in [0.15, 0.2) is 0 Å². The lowest BCUT2D eigenvalue weighted by molar-refractivity contribution is -0.187. The number of thiophene rings is 1. The van der Waals surface area contributed by atoms with Crippen LogP contribution in [0.3, 0.4) is 0 Å². The Hall–Kier alpha value is -3.51. The molecule has 4 rings (SSSR count). The van der Waals surface area contributed by atoms with E-state index in [0.717, 1.165) is 4.88 Å². The van der Waals surface area contributed by atoms with Gasteiger partial charge < -0.3 is 20.2 Å². The fourth-order valence-corrected chi connectivity index (χ4v) is 5.30. The number of carbonyl (C=O) groups is 4. The summed E-state index contributed by atoms with van der Waals surface area (Å²) in [6, 6.07) is 8.20. The highest BCUT2D eigenvalue weighted by atomic mass is 32.1. The molecule has 2 aliphatic rings. The van der Waals surface area contributed by atoms with Crippen molar-refractivity contribution in [3.05, 3.63) is 58.0 Å². The molecule has 0 unspecified atom stereocenters. The maximum absolute atomic E-state index is 13.4. The van der Waals surface area contributed by atoms with Gasteiger partial charge in [0, 0.05) is 31.4 Å². The Morgan fingerprint density at radius 1 is 1.19 bits per heavy atom. The Morgan fingerprint density at radius 3 is 2.61 bits per heavy atom. The molecule has 1 aromatic carbocycles. The zero-order valence-corrected chi connectivity index (χ0v) is 20.6. The first-order valence-electron chi connectivity index (χ1n) is 11.6. The number of hydrogen-bond acceptors (Lipinski definition) is 6. The molecule has 2 aromatic rings. The summed E-state index contributed by atoms with van der Waals surface area (Å²) in [5, 5.41) is 16.9. The first-order valence-corrected chi connectivity index (χ1v) is 12.5. The summed E-state index contributed by atoms with van der Waals surface area (Å²) in [7, 11) is 1.62. The van der Waals surface area contributed by atoms with Crippen molar-refractivity contribution in [1.29, 1.82) is 0 Å². The minimum Gasteiger partial charge on any atom is -0.481 e. The van der Waals surface area contributed by atoms with E-state index in [-0.39, 0.29) is 50.1 Å². The average Bonchev–Trinajstić information content (AvgIpc) is 3.35. The normalized spacial score (nSPS) is 20.4. The highest BCUT2D eigenvalue weighted by molar-refractivity contribution is 7.09. The third-order valence-electron chi connectivity index (χ3n) is 6.34. The number of hydrazine groups is 1. The van der Waals surface area contributed by atoms with E-state index in [9.17, 15) is 28.7 Å². The van der Waals surface area contributed by atoms with Gasteiger partial charge in [0.2, 0.25) is 11.8 Å². The standard InChI is InChI=1S/C24H28FN5O5S/c1-27-15-21(31)29-19(8-9-22(32)33)23(34)28(11-10-18-3-2-12-36-18)14-20(29)30(27)24(35)26-13-16-4-6-17(25)7-5-16/h2-7,12,19-20H,8-11,13-15H2,1H3,(H,26,35)(H,32,33)/t19-,20-/m0/s1. The lowest BCUT2D eigenvalue weighted by Gasteiger charge is -2.54. The third kappa shape index (κ3) is 5.65. The molecule has 36 heavy (non-hydrogen) atoms. The van der Waals surface area contributed by atoms with Gasteiger partial charge in [-0.05, 0) is 42.0 Å². The molecule has 2 fully saturated rings. The van der Waals surface area contributed by atoms with Crippen molar-refractivity contribution < 1.29 is 28.7 Å². The topological polar surface area (TPSA) is 114 Å². The van der Waals surface area contributed by atoms with Gasteiger partial charge in [0.1, 0.15) is 18.0 Å². The van der Waals surface area contributed by atoms with Crippen molar-refractivity contribution >= 4 is 35.2 Å². The van der Waals surface area contributed by atoms with Crippen LogP contribution >= 0.6 is 11.3 Å². The number of nitrogens with zero attached hydrogens (tertiary/aromatic N) is 4. The number of aliphatic carboxylic acids is 1. The lowest BCUT2D eigenvalue weighted by atomic mass is 10.0. The van der Waals surface area contributed by atoms with Crippen molar-refractivity contribution in [1.82, 2.24) is 25.1 Å². The van der Waals surface area contributed by atoms with Crippen LogP contribution in [-0.4, -0.2) is 87.6 Å². The van der Waals surface area contributed by atoms with Gasteiger partial charge in [-0.3, -0.25) is 14.4 Å². The van der Waals surface area contributed by atoms with Crippen molar-refractivity contribution in [2.24, 2.45) is 0 Å². The monoisotopic (exact) mass is 517 g/mol. The summed E-state index contributed by atoms with van der Waals surface area (Å²) in [5.41, 5.74) is 0.702. The maximum Gasteiger partial charge on any atom is 0.334 e. The Labute approximate surface area is 211 Å². The maximum atomic E-state index is 13.4. The molecule has 2 saturated heterocycles. The van der Waals surface area contributed by atoms with Crippen LogP contribution in [0, 0.1) is 5.82 Å². The van der Waals surface area contributed by atoms with Crippen LogP contribution in [-0.2, 0) is 27.3 Å². The van der Waals surface area contributed by atoms with Gasteiger partial charge in [-0.25, -0.2) is 19.2 Å². The summed E-state index contributed by atoms with van der Waals surface area (Å²) in [6.45, 7) is 0.504. The van der Waals surface area contributed by atoms with Gasteiger partial charge in [-0.15, -0.1) is 11.3 Å². The zero-order chi connectivity index (χ0) is 25.8. The van der Waals surface area contributed by atoms with Crippen molar-refractivity contribution in [2.45, 2.75) is 38.0 Å². The van der Waals surface area contributed by atoms with Gasteiger partial charge >= 0.3 is 12.0 Å². The zero-order valence-electron chi connectivity index (χ0n) is 19.8. The summed E-state index contributed by atoms with van der Waals surface area (Å²) in [4.78, 5) is 55.1. The van der Waals surface area contributed by atoms with Crippen LogP contribution < -0.4 is 5.32 Å². The molecule has 192 valence electrons. The largest absolute Gasteiger partial charge is 0.481 e. The second-order valence-corrected chi connectivity index (χ2v) is 9.82. The molecule has 1 aromatic heterocycles. The number of halogens is 1. The van der Waals surface area contributed by atoms with Gasteiger partial charge in [-0.2, -0.15) is 0 Å². The Kier molecular flexibility index (Phi) is 7.85. The van der Waals surface area contributed by atoms with E-state index in [2.05, 4.69) is 5.32 Å². The van der Waals surface area contributed by atoms with Crippen LogP contribution in [0.5, 0.6) is 0 Å². The quantitative estimate of drug-likeness (QED) is 0.552. The number of likely N-dealkylation sites (N-methyl/N-ethyl adjacent to an activating group) is 1. The Bertz CT molecular complexity index is 1110. The van der Waals surface area contributed by atoms with Crippen molar-refractivity contribution in [3.63, 3.8) is 0 Å². The number of carboxylic acids is 1. The number of nitrogens with one attached hydrogen (secondary N) is 1. The minimum absolute atomic E-state index is 0.0410. The van der Waals surface area contributed by atoms with Crippen LogP contribution in [0.15, 0.2) is 41.8 Å². The molecule has 3 heterocycles. The molecule has 2 N–H and O–H groups in total. The smallest absolute Gasteiger partial charge is 0.334 e. The van der Waals surface area contributed by atoms with Gasteiger partial charge in [-0.1, -0.05) is 18.2 Å². The fraction of sp³-hybridized carbons (Fsp3) is 0.417. The van der Waals surface area contributed by atoms with Crippen LogP contribution in [0.25, 0.3) is 0 Å². The number of carbonyl (C=O) groups excluding carboxylic acids is 3. The van der Waals surface area contributed by atoms with Crippen molar-refractivity contribution in [2.75, 3.05) is 26.7 Å². The molecule has 0 saturated carbocycles. The summed E-state index contributed by atoms with van der Waals surface area (Å²) >= 11 is 1.58. The summed E-state index contributed by atoms with van der Waals surface area (Å²) in [6.07, 6.45) is -0.495. The van der Waals surface area contributed by atoms with E-state index in [0.29, 0.717) is 18.5 Å². The van der Waals surface area contributed by atoms with E-state index >= 15 is 0 Å². The second kappa shape index (κ2) is 11.0. The number of benzene rings is 1. The van der Waals surface area contributed by atoms with E-state index in [1.807, 2.05) is 17.5 Å². The molecule has 4 amide bonds. The highest BCUT2D eigenvalue weighted by Gasteiger charge is 2.50. The van der Waals surface area contributed by atoms with Crippen LogP contribution in [0.4, 0.5) is 9.18 Å². The summed E-state index contributed by atoms with van der Waals surface area (Å²) in [5.74, 6) is -2.09.